The third-order valence-electron chi connectivity index (χ3n) is 4.59. The normalized spacial score (nSPS) is 34.8. The van der Waals surface area contributed by atoms with Gasteiger partial charge in [0, 0.05) is 0 Å². The van der Waals surface area contributed by atoms with E-state index in [1.165, 1.54) is 19.3 Å². The molecule has 0 aromatic carbocycles. The van der Waals surface area contributed by atoms with E-state index in [9.17, 15) is 8.42 Å². The van der Waals surface area contributed by atoms with E-state index in [2.05, 4.69) is 9.71 Å². The van der Waals surface area contributed by atoms with Crippen molar-refractivity contribution in [2.75, 3.05) is 0 Å². The van der Waals surface area contributed by atoms with Gasteiger partial charge in [-0.2, -0.15) is 0 Å². The van der Waals surface area contributed by atoms with E-state index >= 15 is 0 Å². The summed E-state index contributed by atoms with van der Waals surface area (Å²) in [6, 6.07) is 0.452. The third kappa shape index (κ3) is 2.24. The van der Waals surface area contributed by atoms with Crippen molar-refractivity contribution < 1.29 is 13.2 Å². The van der Waals surface area contributed by atoms with Crippen LogP contribution in [0.1, 0.15) is 58.3 Å². The SMILES string of the molecule is CCC1OC(=NC2CCCCC2)NS(=O)(=O)C12CC2. The molecule has 108 valence electrons. The van der Waals surface area contributed by atoms with Crippen molar-refractivity contribution in [3.63, 3.8) is 0 Å². The molecule has 3 fully saturated rings. The number of amidine groups is 1. The fourth-order valence-corrected chi connectivity index (χ4v) is 4.99. The van der Waals surface area contributed by atoms with Gasteiger partial charge in [0.25, 0.3) is 6.02 Å². The molecule has 6 heteroatoms. The molecule has 2 aliphatic carbocycles. The molecule has 1 unspecified atom stereocenters. The summed E-state index contributed by atoms with van der Waals surface area (Å²) in [5, 5.41) is 0. The summed E-state index contributed by atoms with van der Waals surface area (Å²) >= 11 is 0. The fourth-order valence-electron chi connectivity index (χ4n) is 3.26. The zero-order valence-corrected chi connectivity index (χ0v) is 12.2. The van der Waals surface area contributed by atoms with E-state index < -0.39 is 14.8 Å². The molecule has 1 aliphatic heterocycles. The highest BCUT2D eigenvalue weighted by Crippen LogP contribution is 2.49. The van der Waals surface area contributed by atoms with Crippen LogP contribution in [0.5, 0.6) is 0 Å². The first-order valence-corrected chi connectivity index (χ1v) is 8.82. The number of rotatable bonds is 2. The Labute approximate surface area is 114 Å². The van der Waals surface area contributed by atoms with Crippen LogP contribution in [-0.2, 0) is 14.8 Å². The Kier molecular flexibility index (Phi) is 3.23. The highest BCUT2D eigenvalue weighted by Gasteiger charge is 2.63. The van der Waals surface area contributed by atoms with Crippen LogP contribution < -0.4 is 4.72 Å². The number of nitrogens with one attached hydrogen (secondary N) is 1. The average Bonchev–Trinajstić information content (AvgIpc) is 3.17. The zero-order valence-electron chi connectivity index (χ0n) is 11.4. The van der Waals surface area contributed by atoms with Crippen molar-refractivity contribution >= 4 is 16.0 Å². The molecule has 5 nitrogen and oxygen atoms in total. The molecule has 19 heavy (non-hydrogen) atoms. The van der Waals surface area contributed by atoms with Crippen LogP contribution in [0.25, 0.3) is 0 Å². The van der Waals surface area contributed by atoms with Gasteiger partial charge in [0.2, 0.25) is 10.0 Å². The van der Waals surface area contributed by atoms with Crippen LogP contribution in [-0.4, -0.2) is 31.3 Å². The Morgan fingerprint density at radius 1 is 1.32 bits per heavy atom. The third-order valence-corrected chi connectivity index (χ3v) is 6.77. The molecular weight excluding hydrogens is 264 g/mol. The van der Waals surface area contributed by atoms with Gasteiger partial charge >= 0.3 is 0 Å². The minimum Gasteiger partial charge on any atom is -0.460 e. The topological polar surface area (TPSA) is 67.8 Å². The summed E-state index contributed by atoms with van der Waals surface area (Å²) in [5.74, 6) is 0. The Morgan fingerprint density at radius 2 is 2.00 bits per heavy atom. The lowest BCUT2D eigenvalue weighted by molar-refractivity contribution is 0.152. The summed E-state index contributed by atoms with van der Waals surface area (Å²) in [6.07, 6.45) is 7.58. The largest absolute Gasteiger partial charge is 0.460 e. The van der Waals surface area contributed by atoms with Gasteiger partial charge in [-0.3, -0.25) is 0 Å². The summed E-state index contributed by atoms with van der Waals surface area (Å²) in [4.78, 5) is 4.49. The molecular formula is C13H22N2O3S. The van der Waals surface area contributed by atoms with Crippen molar-refractivity contribution in [2.45, 2.75) is 75.2 Å². The first-order chi connectivity index (χ1) is 9.07. The number of nitrogens with zero attached hydrogens (tertiary/aromatic N) is 1. The lowest BCUT2D eigenvalue weighted by atomic mass is 9.96. The summed E-state index contributed by atoms with van der Waals surface area (Å²) in [7, 11) is -3.32. The van der Waals surface area contributed by atoms with Gasteiger partial charge in [-0.25, -0.2) is 18.1 Å². The predicted octanol–water partition coefficient (Wildman–Crippen LogP) is 1.94. The molecule has 0 radical (unpaired) electrons. The maximum Gasteiger partial charge on any atom is 0.299 e. The summed E-state index contributed by atoms with van der Waals surface area (Å²) in [5.41, 5.74) is 0. The van der Waals surface area contributed by atoms with Gasteiger partial charge in [-0.05, 0) is 32.1 Å². The van der Waals surface area contributed by atoms with Crippen molar-refractivity contribution in [2.24, 2.45) is 4.99 Å². The maximum atomic E-state index is 12.3. The Hall–Kier alpha value is -0.780. The monoisotopic (exact) mass is 286 g/mol. The van der Waals surface area contributed by atoms with Crippen LogP contribution in [0.3, 0.4) is 0 Å². The summed E-state index contributed by atoms with van der Waals surface area (Å²) in [6.45, 7) is 1.98. The van der Waals surface area contributed by atoms with Gasteiger partial charge in [-0.1, -0.05) is 26.2 Å². The molecule has 0 aromatic rings. The number of sulfonamides is 1. The standard InChI is InChI=1S/C13H22N2O3S/c1-2-11-13(8-9-13)19(16,17)15-12(18-11)14-10-6-4-3-5-7-10/h10-11H,2-9H2,1H3,(H,14,15). The second-order valence-electron chi connectivity index (χ2n) is 5.91. The van der Waals surface area contributed by atoms with Gasteiger partial charge < -0.3 is 4.74 Å². The number of ether oxygens (including phenoxy) is 1. The zero-order chi connectivity index (χ0) is 13.5. The quantitative estimate of drug-likeness (QED) is 0.843. The lowest BCUT2D eigenvalue weighted by Gasteiger charge is -2.33. The molecule has 0 bridgehead atoms. The molecule has 1 atom stereocenters. The molecule has 0 amide bonds. The molecule has 1 N–H and O–H groups in total. The van der Waals surface area contributed by atoms with Crippen LogP contribution in [0.15, 0.2) is 4.99 Å². The van der Waals surface area contributed by atoms with E-state index in [-0.39, 0.29) is 18.2 Å². The lowest BCUT2D eigenvalue weighted by Crippen LogP contribution is -2.55. The van der Waals surface area contributed by atoms with E-state index in [0.29, 0.717) is 19.3 Å². The van der Waals surface area contributed by atoms with Crippen molar-refractivity contribution in [1.29, 1.82) is 0 Å². The maximum absolute atomic E-state index is 12.3. The highest BCUT2D eigenvalue weighted by molar-refractivity contribution is 7.91. The first-order valence-electron chi connectivity index (χ1n) is 7.34. The second kappa shape index (κ2) is 4.65. The average molecular weight is 286 g/mol. The van der Waals surface area contributed by atoms with Gasteiger partial charge in [-0.15, -0.1) is 0 Å². The minimum atomic E-state index is -3.32. The Morgan fingerprint density at radius 3 is 2.58 bits per heavy atom. The fraction of sp³-hybridized carbons (Fsp3) is 0.923. The van der Waals surface area contributed by atoms with Crippen molar-refractivity contribution in [3.05, 3.63) is 0 Å². The number of hydrogen-bond acceptors (Lipinski definition) is 4. The molecule has 0 aromatic heterocycles. The molecule has 1 saturated heterocycles. The Bertz CT molecular complexity index is 476. The van der Waals surface area contributed by atoms with Crippen LogP contribution in [0.4, 0.5) is 0 Å². The Balaban J connectivity index is 1.79. The van der Waals surface area contributed by atoms with E-state index in [0.717, 1.165) is 12.8 Å². The van der Waals surface area contributed by atoms with Crippen LogP contribution in [0.2, 0.25) is 0 Å². The van der Waals surface area contributed by atoms with Crippen LogP contribution in [0, 0.1) is 0 Å². The van der Waals surface area contributed by atoms with Crippen LogP contribution >= 0.6 is 0 Å². The summed E-state index contributed by atoms with van der Waals surface area (Å²) < 4.78 is 32.3. The van der Waals surface area contributed by atoms with Gasteiger partial charge in [0.1, 0.15) is 10.9 Å². The molecule has 1 heterocycles. The minimum absolute atomic E-state index is 0.220. The molecule has 3 aliphatic rings. The highest BCUT2D eigenvalue weighted by atomic mass is 32.2. The van der Waals surface area contributed by atoms with E-state index in [1.54, 1.807) is 0 Å². The first kappa shape index (κ1) is 13.2. The smallest absolute Gasteiger partial charge is 0.299 e. The van der Waals surface area contributed by atoms with Gasteiger partial charge in [0.05, 0.1) is 6.04 Å². The molecule has 2 saturated carbocycles. The number of hydrogen-bond donors (Lipinski definition) is 1. The van der Waals surface area contributed by atoms with Crippen molar-refractivity contribution in [1.82, 2.24) is 4.72 Å². The van der Waals surface area contributed by atoms with Gasteiger partial charge in [0.15, 0.2) is 0 Å². The molecule has 1 spiro atoms. The number of aliphatic imine (C=N–C) groups is 1. The van der Waals surface area contributed by atoms with E-state index in [4.69, 9.17) is 4.74 Å². The second-order valence-corrected chi connectivity index (χ2v) is 7.94. The molecule has 3 rings (SSSR count). The van der Waals surface area contributed by atoms with Crippen molar-refractivity contribution in [3.8, 4) is 0 Å². The predicted molar refractivity (Wildman–Crippen MR) is 73.5 cm³/mol. The van der Waals surface area contributed by atoms with E-state index in [1.807, 2.05) is 6.92 Å².